The molecule has 1 aliphatic heterocycles. The number of ether oxygens (including phenoxy) is 2. The van der Waals surface area contributed by atoms with Crippen molar-refractivity contribution in [2.45, 2.75) is 31.5 Å². The first-order valence-electron chi connectivity index (χ1n) is 6.85. The molecule has 0 aromatic heterocycles. The smallest absolute Gasteiger partial charge is 0.261 e. The maximum atomic E-state index is 12.1. The Kier molecular flexibility index (Phi) is 5.08. The van der Waals surface area contributed by atoms with Gasteiger partial charge in [-0.15, -0.1) is 0 Å². The second-order valence-corrected chi connectivity index (χ2v) is 5.96. The Labute approximate surface area is 129 Å². The lowest BCUT2D eigenvalue weighted by Crippen LogP contribution is -2.46. The van der Waals surface area contributed by atoms with Crippen LogP contribution < -0.4 is 10.1 Å². The Morgan fingerprint density at radius 1 is 1.62 bits per heavy atom. The summed E-state index contributed by atoms with van der Waals surface area (Å²) >= 11 is 5.92. The molecule has 6 heteroatoms. The van der Waals surface area contributed by atoms with E-state index in [1.54, 1.807) is 32.2 Å². The lowest BCUT2D eigenvalue weighted by atomic mass is 10.0. The van der Waals surface area contributed by atoms with Crippen LogP contribution >= 0.6 is 11.6 Å². The van der Waals surface area contributed by atoms with Crippen LogP contribution in [0.4, 0.5) is 0 Å². The molecular weight excluding hydrogens is 294 g/mol. The number of aliphatic hydroxyl groups is 1. The van der Waals surface area contributed by atoms with Gasteiger partial charge in [0, 0.05) is 38.1 Å². The number of fused-ring (bicyclic) bond motifs is 1. The number of rotatable bonds is 6. The van der Waals surface area contributed by atoms with Crippen molar-refractivity contribution in [2.75, 3.05) is 20.3 Å². The van der Waals surface area contributed by atoms with E-state index in [0.717, 1.165) is 5.56 Å². The molecular formula is C15H20ClNO4. The predicted octanol–water partition coefficient (Wildman–Crippen LogP) is 1.55. The summed E-state index contributed by atoms with van der Waals surface area (Å²) in [5.74, 6) is 0.450. The lowest BCUT2D eigenvalue weighted by Gasteiger charge is -2.24. The van der Waals surface area contributed by atoms with E-state index >= 15 is 0 Å². The standard InChI is InChI=1S/C15H20ClNO4/c1-15(19,5-6-20-2)9-17-14(18)13-8-10-7-11(16)3-4-12(10)21-13/h3-4,7,13,19H,5-6,8-9H2,1-2H3,(H,17,18). The molecule has 0 bridgehead atoms. The van der Waals surface area contributed by atoms with Crippen LogP contribution in [-0.2, 0) is 16.0 Å². The topological polar surface area (TPSA) is 67.8 Å². The number of nitrogens with one attached hydrogen (secondary N) is 1. The maximum absolute atomic E-state index is 12.1. The second kappa shape index (κ2) is 6.64. The Hall–Kier alpha value is -1.30. The number of hydrogen-bond donors (Lipinski definition) is 2. The molecule has 21 heavy (non-hydrogen) atoms. The summed E-state index contributed by atoms with van der Waals surface area (Å²) in [6.45, 7) is 2.26. The van der Waals surface area contributed by atoms with Gasteiger partial charge in [0.2, 0.25) is 0 Å². The maximum Gasteiger partial charge on any atom is 0.261 e. The van der Waals surface area contributed by atoms with Crippen molar-refractivity contribution in [3.63, 3.8) is 0 Å². The predicted molar refractivity (Wildman–Crippen MR) is 79.7 cm³/mol. The summed E-state index contributed by atoms with van der Waals surface area (Å²) in [7, 11) is 1.57. The van der Waals surface area contributed by atoms with Gasteiger partial charge >= 0.3 is 0 Å². The summed E-state index contributed by atoms with van der Waals surface area (Å²) in [4.78, 5) is 12.1. The van der Waals surface area contributed by atoms with Crippen molar-refractivity contribution in [1.29, 1.82) is 0 Å². The first-order chi connectivity index (χ1) is 9.91. The molecule has 2 unspecified atom stereocenters. The van der Waals surface area contributed by atoms with Gasteiger partial charge in [0.15, 0.2) is 6.10 Å². The van der Waals surface area contributed by atoms with Gasteiger partial charge in [-0.1, -0.05) is 11.6 Å². The molecule has 2 N–H and O–H groups in total. The van der Waals surface area contributed by atoms with Gasteiger partial charge in [0.25, 0.3) is 5.91 Å². The summed E-state index contributed by atoms with van der Waals surface area (Å²) in [5, 5.41) is 13.4. The average molecular weight is 314 g/mol. The van der Waals surface area contributed by atoms with E-state index in [0.29, 0.717) is 30.2 Å². The zero-order valence-corrected chi connectivity index (χ0v) is 12.9. The van der Waals surface area contributed by atoms with Crippen LogP contribution in [0.15, 0.2) is 18.2 Å². The molecule has 0 aliphatic carbocycles. The number of amides is 1. The molecule has 0 saturated carbocycles. The Morgan fingerprint density at radius 2 is 2.38 bits per heavy atom. The Bertz CT molecular complexity index is 518. The molecule has 0 saturated heterocycles. The van der Waals surface area contributed by atoms with Crippen molar-refractivity contribution in [3.05, 3.63) is 28.8 Å². The van der Waals surface area contributed by atoms with Crippen LogP contribution in [0.3, 0.4) is 0 Å². The highest BCUT2D eigenvalue weighted by Gasteiger charge is 2.30. The number of benzene rings is 1. The quantitative estimate of drug-likeness (QED) is 0.836. The molecule has 2 atom stereocenters. The molecule has 1 heterocycles. The zero-order valence-electron chi connectivity index (χ0n) is 12.2. The van der Waals surface area contributed by atoms with E-state index in [2.05, 4.69) is 5.32 Å². The molecule has 1 aromatic rings. The van der Waals surface area contributed by atoms with E-state index in [-0.39, 0.29) is 12.5 Å². The van der Waals surface area contributed by atoms with Gasteiger partial charge < -0.3 is 19.9 Å². The highest BCUT2D eigenvalue weighted by molar-refractivity contribution is 6.30. The van der Waals surface area contributed by atoms with Crippen LogP contribution in [-0.4, -0.2) is 43.0 Å². The van der Waals surface area contributed by atoms with Gasteiger partial charge in [0.1, 0.15) is 5.75 Å². The highest BCUT2D eigenvalue weighted by Crippen LogP contribution is 2.31. The Balaban J connectivity index is 1.86. The summed E-state index contributed by atoms with van der Waals surface area (Å²) in [6, 6.07) is 5.30. The fraction of sp³-hybridized carbons (Fsp3) is 0.533. The molecule has 5 nitrogen and oxygen atoms in total. The minimum atomic E-state index is -1.000. The number of methoxy groups -OCH3 is 1. The zero-order chi connectivity index (χ0) is 15.5. The number of hydrogen-bond acceptors (Lipinski definition) is 4. The number of carbonyl (C=O) groups excluding carboxylic acids is 1. The van der Waals surface area contributed by atoms with Crippen molar-refractivity contribution in [2.24, 2.45) is 0 Å². The van der Waals surface area contributed by atoms with Crippen molar-refractivity contribution >= 4 is 17.5 Å². The fourth-order valence-corrected chi connectivity index (χ4v) is 2.36. The number of carbonyl (C=O) groups is 1. The highest BCUT2D eigenvalue weighted by atomic mass is 35.5. The molecule has 0 spiro atoms. The summed E-state index contributed by atoms with van der Waals surface area (Å²) in [6.07, 6.45) is 0.365. The normalized spacial score (nSPS) is 19.5. The molecule has 1 aromatic carbocycles. The van der Waals surface area contributed by atoms with Gasteiger partial charge in [-0.05, 0) is 30.7 Å². The van der Waals surface area contributed by atoms with E-state index in [4.69, 9.17) is 21.1 Å². The Morgan fingerprint density at radius 3 is 3.10 bits per heavy atom. The van der Waals surface area contributed by atoms with Crippen LogP contribution in [0.5, 0.6) is 5.75 Å². The average Bonchev–Trinajstić information content (AvgIpc) is 2.85. The lowest BCUT2D eigenvalue weighted by molar-refractivity contribution is -0.128. The molecule has 1 amide bonds. The van der Waals surface area contributed by atoms with Gasteiger partial charge in [-0.2, -0.15) is 0 Å². The van der Waals surface area contributed by atoms with Crippen LogP contribution in [0.25, 0.3) is 0 Å². The van der Waals surface area contributed by atoms with Crippen molar-refractivity contribution in [1.82, 2.24) is 5.32 Å². The third-order valence-electron chi connectivity index (χ3n) is 3.48. The van der Waals surface area contributed by atoms with Crippen molar-refractivity contribution in [3.8, 4) is 5.75 Å². The second-order valence-electron chi connectivity index (χ2n) is 5.52. The molecule has 0 fully saturated rings. The van der Waals surface area contributed by atoms with Crippen LogP contribution in [0, 0.1) is 0 Å². The summed E-state index contributed by atoms with van der Waals surface area (Å²) < 4.78 is 10.5. The van der Waals surface area contributed by atoms with Crippen LogP contribution in [0.1, 0.15) is 18.9 Å². The third kappa shape index (κ3) is 4.33. The largest absolute Gasteiger partial charge is 0.480 e. The van der Waals surface area contributed by atoms with Gasteiger partial charge in [-0.3, -0.25) is 4.79 Å². The monoisotopic (exact) mass is 313 g/mol. The fourth-order valence-electron chi connectivity index (χ4n) is 2.17. The van der Waals surface area contributed by atoms with E-state index in [1.807, 2.05) is 0 Å². The van der Waals surface area contributed by atoms with E-state index in [1.165, 1.54) is 0 Å². The SMILES string of the molecule is COCCC(C)(O)CNC(=O)C1Cc2cc(Cl)ccc2O1. The first kappa shape index (κ1) is 16.1. The van der Waals surface area contributed by atoms with E-state index < -0.39 is 11.7 Å². The molecule has 116 valence electrons. The molecule has 1 aliphatic rings. The van der Waals surface area contributed by atoms with Crippen LogP contribution in [0.2, 0.25) is 5.02 Å². The minimum Gasteiger partial charge on any atom is -0.480 e. The van der Waals surface area contributed by atoms with E-state index in [9.17, 15) is 9.90 Å². The summed E-state index contributed by atoms with van der Waals surface area (Å²) in [5.41, 5.74) is -0.0748. The minimum absolute atomic E-state index is 0.159. The molecule has 0 radical (unpaired) electrons. The molecule has 2 rings (SSSR count). The van der Waals surface area contributed by atoms with Gasteiger partial charge in [0.05, 0.1) is 5.60 Å². The number of halogens is 1. The van der Waals surface area contributed by atoms with Gasteiger partial charge in [-0.25, -0.2) is 0 Å². The van der Waals surface area contributed by atoms with Crippen molar-refractivity contribution < 1.29 is 19.4 Å². The first-order valence-corrected chi connectivity index (χ1v) is 7.23. The third-order valence-corrected chi connectivity index (χ3v) is 3.71.